The Morgan fingerprint density at radius 3 is 2.45 bits per heavy atom. The predicted octanol–water partition coefficient (Wildman–Crippen LogP) is 1.55. The van der Waals surface area contributed by atoms with E-state index in [0.29, 0.717) is 6.61 Å². The van der Waals surface area contributed by atoms with Gasteiger partial charge in [-0.15, -0.1) is 0 Å². The van der Waals surface area contributed by atoms with E-state index < -0.39 is 0 Å². The van der Waals surface area contributed by atoms with Crippen molar-refractivity contribution in [3.05, 3.63) is 30.3 Å². The molecule has 0 aliphatic rings. The number of hydrogen-bond acceptors (Lipinski definition) is 3. The van der Waals surface area contributed by atoms with Crippen LogP contribution in [0.1, 0.15) is 0 Å². The van der Waals surface area contributed by atoms with E-state index in [0.717, 1.165) is 5.75 Å². The Bertz CT molecular complexity index is 186. The van der Waals surface area contributed by atoms with Gasteiger partial charge < -0.3 is 4.74 Å². The zero-order valence-corrected chi connectivity index (χ0v) is 6.06. The lowest BCUT2D eigenvalue weighted by atomic mass is 10.3. The van der Waals surface area contributed by atoms with Crippen LogP contribution < -0.4 is 4.74 Å². The maximum Gasteiger partial charge on any atom is 0.119 e. The molecule has 1 aromatic carbocycles. The summed E-state index contributed by atoms with van der Waals surface area (Å²) in [6.45, 7) is 0.551. The third-order valence-corrected chi connectivity index (χ3v) is 1.19. The van der Waals surface area contributed by atoms with Crippen molar-refractivity contribution in [3.63, 3.8) is 0 Å². The molecule has 0 heterocycles. The lowest BCUT2D eigenvalue weighted by Gasteiger charge is -2.02. The first-order valence-electron chi connectivity index (χ1n) is 3.37. The minimum Gasteiger partial charge on any atom is -0.491 e. The minimum absolute atomic E-state index is 0.189. The zero-order valence-electron chi connectivity index (χ0n) is 6.06. The van der Waals surface area contributed by atoms with Crippen LogP contribution in [-0.4, -0.2) is 18.5 Å². The van der Waals surface area contributed by atoms with Crippen LogP contribution in [0.2, 0.25) is 0 Å². The summed E-state index contributed by atoms with van der Waals surface area (Å²) in [6.07, 6.45) is 0. The Labute approximate surface area is 65.1 Å². The van der Waals surface area contributed by atoms with E-state index in [4.69, 9.17) is 9.99 Å². The molecule has 0 aromatic heterocycles. The first kappa shape index (κ1) is 8.04. The third-order valence-electron chi connectivity index (χ3n) is 1.19. The fraction of sp³-hybridized carbons (Fsp3) is 0.250. The van der Waals surface area contributed by atoms with Crippen LogP contribution in [-0.2, 0) is 4.89 Å². The van der Waals surface area contributed by atoms with Gasteiger partial charge in [-0.1, -0.05) is 18.2 Å². The summed E-state index contributed by atoms with van der Waals surface area (Å²) in [5, 5.41) is 7.96. The van der Waals surface area contributed by atoms with E-state index >= 15 is 0 Å². The van der Waals surface area contributed by atoms with Gasteiger partial charge in [-0.3, -0.25) is 5.26 Å². The molecule has 0 aliphatic heterocycles. The normalized spacial score (nSPS) is 9.55. The minimum atomic E-state index is 0.189. The number of rotatable bonds is 4. The quantitative estimate of drug-likeness (QED) is 0.406. The third kappa shape index (κ3) is 3.02. The molecule has 11 heavy (non-hydrogen) atoms. The molecule has 0 fully saturated rings. The lowest BCUT2D eigenvalue weighted by Crippen LogP contribution is -2.03. The van der Waals surface area contributed by atoms with Crippen molar-refractivity contribution < 1.29 is 14.9 Å². The molecule has 0 aliphatic carbocycles. The molecule has 1 aromatic rings. The maximum absolute atomic E-state index is 7.96. The predicted molar refractivity (Wildman–Crippen MR) is 40.5 cm³/mol. The zero-order chi connectivity index (χ0) is 7.94. The summed E-state index contributed by atoms with van der Waals surface area (Å²) in [5.41, 5.74) is 0. The van der Waals surface area contributed by atoms with Crippen LogP contribution in [0.3, 0.4) is 0 Å². The highest BCUT2D eigenvalue weighted by Crippen LogP contribution is 2.07. The molecule has 1 rings (SSSR count). The smallest absolute Gasteiger partial charge is 0.119 e. The van der Waals surface area contributed by atoms with E-state index in [2.05, 4.69) is 4.89 Å². The van der Waals surface area contributed by atoms with E-state index in [1.807, 2.05) is 30.3 Å². The molecule has 0 bridgehead atoms. The average Bonchev–Trinajstić information content (AvgIpc) is 2.07. The molecule has 0 amide bonds. The monoisotopic (exact) mass is 154 g/mol. The Balaban J connectivity index is 2.28. The Morgan fingerprint density at radius 1 is 1.09 bits per heavy atom. The Kier molecular flexibility index (Phi) is 3.44. The molecule has 3 heteroatoms. The van der Waals surface area contributed by atoms with Crippen LogP contribution in [0.5, 0.6) is 5.75 Å². The molecule has 1 N–H and O–H groups in total. The largest absolute Gasteiger partial charge is 0.491 e. The molecule has 0 saturated carbocycles. The summed E-state index contributed by atoms with van der Waals surface area (Å²) >= 11 is 0. The fourth-order valence-corrected chi connectivity index (χ4v) is 0.714. The molecule has 0 radical (unpaired) electrons. The van der Waals surface area contributed by atoms with Crippen molar-refractivity contribution in [2.75, 3.05) is 13.2 Å². The van der Waals surface area contributed by atoms with Gasteiger partial charge >= 0.3 is 0 Å². The van der Waals surface area contributed by atoms with Gasteiger partial charge in [0.1, 0.15) is 19.0 Å². The van der Waals surface area contributed by atoms with E-state index in [9.17, 15) is 0 Å². The van der Waals surface area contributed by atoms with Crippen molar-refractivity contribution >= 4 is 0 Å². The molecule has 60 valence electrons. The standard InChI is InChI=1S/C8H10O3/c9-11-7-6-10-8-4-2-1-3-5-8/h1-5,9H,6-7H2. The van der Waals surface area contributed by atoms with Gasteiger partial charge in [0.2, 0.25) is 0 Å². The molecule has 0 spiro atoms. The van der Waals surface area contributed by atoms with Crippen molar-refractivity contribution in [2.24, 2.45) is 0 Å². The van der Waals surface area contributed by atoms with Crippen LogP contribution in [0.4, 0.5) is 0 Å². The summed E-state index contributed by atoms with van der Waals surface area (Å²) in [5.74, 6) is 0.782. The molecule has 3 nitrogen and oxygen atoms in total. The second-order valence-corrected chi connectivity index (χ2v) is 1.99. The average molecular weight is 154 g/mol. The molecular formula is C8H10O3. The summed E-state index contributed by atoms with van der Waals surface area (Å²) in [7, 11) is 0. The fourth-order valence-electron chi connectivity index (χ4n) is 0.714. The van der Waals surface area contributed by atoms with Crippen LogP contribution in [0.15, 0.2) is 30.3 Å². The van der Waals surface area contributed by atoms with Gasteiger partial charge in [0.15, 0.2) is 0 Å². The van der Waals surface area contributed by atoms with E-state index in [-0.39, 0.29) is 6.61 Å². The van der Waals surface area contributed by atoms with Crippen molar-refractivity contribution in [3.8, 4) is 5.75 Å². The van der Waals surface area contributed by atoms with Gasteiger partial charge in [-0.25, -0.2) is 4.89 Å². The maximum atomic E-state index is 7.96. The SMILES string of the molecule is OOCCOc1ccccc1. The Morgan fingerprint density at radius 2 is 1.82 bits per heavy atom. The summed E-state index contributed by atoms with van der Waals surface area (Å²) in [4.78, 5) is 3.84. The van der Waals surface area contributed by atoms with Crippen LogP contribution >= 0.6 is 0 Å². The first-order chi connectivity index (χ1) is 5.43. The number of para-hydroxylation sites is 1. The van der Waals surface area contributed by atoms with E-state index in [1.54, 1.807) is 0 Å². The molecule has 0 unspecified atom stereocenters. The van der Waals surface area contributed by atoms with Crippen molar-refractivity contribution in [1.82, 2.24) is 0 Å². The summed E-state index contributed by atoms with van der Waals surface area (Å²) < 4.78 is 5.16. The number of benzene rings is 1. The van der Waals surface area contributed by atoms with Crippen LogP contribution in [0.25, 0.3) is 0 Å². The van der Waals surface area contributed by atoms with Gasteiger partial charge in [-0.2, -0.15) is 0 Å². The van der Waals surface area contributed by atoms with Crippen molar-refractivity contribution in [2.45, 2.75) is 0 Å². The van der Waals surface area contributed by atoms with Gasteiger partial charge in [0, 0.05) is 0 Å². The topological polar surface area (TPSA) is 38.7 Å². The highest BCUT2D eigenvalue weighted by Gasteiger charge is 1.89. The number of ether oxygens (including phenoxy) is 1. The molecular weight excluding hydrogens is 144 g/mol. The highest BCUT2D eigenvalue weighted by molar-refractivity contribution is 5.20. The lowest BCUT2D eigenvalue weighted by molar-refractivity contribution is -0.245. The van der Waals surface area contributed by atoms with Crippen molar-refractivity contribution in [1.29, 1.82) is 0 Å². The second-order valence-electron chi connectivity index (χ2n) is 1.99. The van der Waals surface area contributed by atoms with Gasteiger partial charge in [-0.05, 0) is 12.1 Å². The van der Waals surface area contributed by atoms with E-state index in [1.165, 1.54) is 0 Å². The summed E-state index contributed by atoms with van der Waals surface area (Å²) in [6, 6.07) is 9.37. The molecule has 0 saturated heterocycles. The van der Waals surface area contributed by atoms with Gasteiger partial charge in [0.05, 0.1) is 0 Å². The van der Waals surface area contributed by atoms with Gasteiger partial charge in [0.25, 0.3) is 0 Å². The van der Waals surface area contributed by atoms with Crippen LogP contribution in [0, 0.1) is 0 Å². The number of hydrogen-bond donors (Lipinski definition) is 1. The molecule has 0 atom stereocenters. The Hall–Kier alpha value is -1.06. The first-order valence-corrected chi connectivity index (χ1v) is 3.37. The second kappa shape index (κ2) is 4.71. The highest BCUT2D eigenvalue weighted by atomic mass is 17.1.